The zero-order chi connectivity index (χ0) is 12.8. The highest BCUT2D eigenvalue weighted by Gasteiger charge is 2.16. The van der Waals surface area contributed by atoms with Crippen molar-refractivity contribution in [3.63, 3.8) is 0 Å². The number of nitrogens with one attached hydrogen (secondary N) is 1. The van der Waals surface area contributed by atoms with Crippen LogP contribution in [0.3, 0.4) is 0 Å². The minimum absolute atomic E-state index is 0.0627. The van der Waals surface area contributed by atoms with Gasteiger partial charge in [-0.05, 0) is 11.1 Å². The quantitative estimate of drug-likeness (QED) is 0.873. The largest absolute Gasteiger partial charge is 0.359 e. The van der Waals surface area contributed by atoms with E-state index in [1.807, 2.05) is 36.4 Å². The Labute approximate surface area is 108 Å². The fourth-order valence-electron chi connectivity index (χ4n) is 2.09. The molecule has 1 N–H and O–H groups in total. The molecule has 1 amide bonds. The Morgan fingerprint density at radius 2 is 1.39 bits per heavy atom. The van der Waals surface area contributed by atoms with Gasteiger partial charge in [0.25, 0.3) is 0 Å². The van der Waals surface area contributed by atoms with Crippen molar-refractivity contribution >= 4 is 5.91 Å². The van der Waals surface area contributed by atoms with E-state index >= 15 is 0 Å². The molecule has 2 nitrogen and oxygen atoms in total. The summed E-state index contributed by atoms with van der Waals surface area (Å²) < 4.78 is 0. The van der Waals surface area contributed by atoms with Crippen molar-refractivity contribution in [1.29, 1.82) is 0 Å². The molecule has 0 aliphatic carbocycles. The van der Waals surface area contributed by atoms with E-state index in [1.54, 1.807) is 7.05 Å². The number of rotatable bonds is 4. The number of hydrogen-bond donors (Lipinski definition) is 1. The van der Waals surface area contributed by atoms with E-state index in [4.69, 9.17) is 0 Å². The average molecular weight is 239 g/mol. The zero-order valence-electron chi connectivity index (χ0n) is 10.5. The normalized spacial score (nSPS) is 10.3. The van der Waals surface area contributed by atoms with Gasteiger partial charge in [0.05, 0.1) is 0 Å². The maximum absolute atomic E-state index is 11.7. The first-order chi connectivity index (χ1) is 8.81. The van der Waals surface area contributed by atoms with Gasteiger partial charge in [-0.3, -0.25) is 4.79 Å². The van der Waals surface area contributed by atoms with Gasteiger partial charge >= 0.3 is 0 Å². The number of carbonyl (C=O) groups is 1. The van der Waals surface area contributed by atoms with Gasteiger partial charge in [0.15, 0.2) is 0 Å². The molecule has 2 rings (SSSR count). The molecule has 0 bridgehead atoms. The Hall–Kier alpha value is -2.09. The van der Waals surface area contributed by atoms with Gasteiger partial charge in [0, 0.05) is 19.4 Å². The zero-order valence-corrected chi connectivity index (χ0v) is 10.5. The summed E-state index contributed by atoms with van der Waals surface area (Å²) in [5.74, 6) is 0.181. The Morgan fingerprint density at radius 1 is 0.944 bits per heavy atom. The monoisotopic (exact) mass is 239 g/mol. The van der Waals surface area contributed by atoms with Crippen molar-refractivity contribution in [3.8, 4) is 0 Å². The maximum atomic E-state index is 11.7. The molecular formula is C16H17NO. The van der Waals surface area contributed by atoms with Gasteiger partial charge in [-0.15, -0.1) is 0 Å². The summed E-state index contributed by atoms with van der Waals surface area (Å²) in [6.07, 6.45) is 0.477. The van der Waals surface area contributed by atoms with Crippen molar-refractivity contribution in [1.82, 2.24) is 5.32 Å². The predicted molar refractivity (Wildman–Crippen MR) is 73.4 cm³/mol. The minimum Gasteiger partial charge on any atom is -0.359 e. The first-order valence-electron chi connectivity index (χ1n) is 6.11. The lowest BCUT2D eigenvalue weighted by Crippen LogP contribution is -2.21. The van der Waals surface area contributed by atoms with Crippen LogP contribution in [-0.4, -0.2) is 13.0 Å². The third-order valence-electron chi connectivity index (χ3n) is 3.07. The minimum atomic E-state index is 0.0627. The molecule has 0 saturated carbocycles. The van der Waals surface area contributed by atoms with Crippen LogP contribution in [0.15, 0.2) is 60.7 Å². The van der Waals surface area contributed by atoms with Crippen LogP contribution in [-0.2, 0) is 4.79 Å². The van der Waals surface area contributed by atoms with Gasteiger partial charge in [-0.2, -0.15) is 0 Å². The molecule has 0 aliphatic heterocycles. The summed E-state index contributed by atoms with van der Waals surface area (Å²) in [6, 6.07) is 20.3. The molecule has 18 heavy (non-hydrogen) atoms. The fourth-order valence-corrected chi connectivity index (χ4v) is 2.09. The molecule has 0 spiro atoms. The second-order valence-electron chi connectivity index (χ2n) is 4.25. The van der Waals surface area contributed by atoms with Gasteiger partial charge in [-0.1, -0.05) is 60.7 Å². The van der Waals surface area contributed by atoms with Crippen LogP contribution >= 0.6 is 0 Å². The van der Waals surface area contributed by atoms with Crippen molar-refractivity contribution < 1.29 is 4.79 Å². The first kappa shape index (κ1) is 12.4. The highest BCUT2D eigenvalue weighted by atomic mass is 16.1. The first-order valence-corrected chi connectivity index (χ1v) is 6.11. The molecule has 0 aliphatic rings. The van der Waals surface area contributed by atoms with Crippen molar-refractivity contribution in [2.75, 3.05) is 7.05 Å². The topological polar surface area (TPSA) is 29.1 Å². The van der Waals surface area contributed by atoms with E-state index < -0.39 is 0 Å². The highest BCUT2D eigenvalue weighted by molar-refractivity contribution is 5.77. The Balaban J connectivity index is 2.32. The van der Waals surface area contributed by atoms with Crippen LogP contribution in [0.25, 0.3) is 0 Å². The Kier molecular flexibility index (Phi) is 4.13. The van der Waals surface area contributed by atoms with E-state index in [2.05, 4.69) is 29.6 Å². The number of benzene rings is 2. The number of amides is 1. The third kappa shape index (κ3) is 2.98. The van der Waals surface area contributed by atoms with Crippen molar-refractivity contribution in [2.45, 2.75) is 12.3 Å². The summed E-state index contributed by atoms with van der Waals surface area (Å²) in [4.78, 5) is 11.7. The van der Waals surface area contributed by atoms with Crippen LogP contribution in [0.1, 0.15) is 23.5 Å². The third-order valence-corrected chi connectivity index (χ3v) is 3.07. The van der Waals surface area contributed by atoms with Crippen LogP contribution in [0.4, 0.5) is 0 Å². The molecule has 0 aromatic heterocycles. The highest BCUT2D eigenvalue weighted by Crippen LogP contribution is 2.27. The van der Waals surface area contributed by atoms with Crippen LogP contribution in [0, 0.1) is 0 Å². The molecule has 0 unspecified atom stereocenters. The van der Waals surface area contributed by atoms with Crippen LogP contribution in [0.2, 0.25) is 0 Å². The van der Waals surface area contributed by atoms with Crippen LogP contribution < -0.4 is 5.32 Å². The lowest BCUT2D eigenvalue weighted by molar-refractivity contribution is -0.120. The summed E-state index contributed by atoms with van der Waals surface area (Å²) >= 11 is 0. The molecule has 2 heteroatoms. The standard InChI is InChI=1S/C16H17NO/c1-17-16(18)12-15(13-8-4-2-5-9-13)14-10-6-3-7-11-14/h2-11,15H,12H2,1H3,(H,17,18). The van der Waals surface area contributed by atoms with Crippen molar-refractivity contribution in [2.24, 2.45) is 0 Å². The summed E-state index contributed by atoms with van der Waals surface area (Å²) in [7, 11) is 1.68. The molecule has 0 fully saturated rings. The second-order valence-corrected chi connectivity index (χ2v) is 4.25. The Morgan fingerprint density at radius 3 is 1.78 bits per heavy atom. The van der Waals surface area contributed by atoms with Gasteiger partial charge in [-0.25, -0.2) is 0 Å². The van der Waals surface area contributed by atoms with E-state index in [9.17, 15) is 4.79 Å². The lowest BCUT2D eigenvalue weighted by atomic mass is 9.88. The molecule has 0 saturated heterocycles. The fraction of sp³-hybridized carbons (Fsp3) is 0.188. The van der Waals surface area contributed by atoms with E-state index in [-0.39, 0.29) is 11.8 Å². The van der Waals surface area contributed by atoms with E-state index in [0.29, 0.717) is 6.42 Å². The second kappa shape index (κ2) is 6.01. The molecule has 2 aromatic carbocycles. The van der Waals surface area contributed by atoms with Gasteiger partial charge in [0.2, 0.25) is 5.91 Å². The molecule has 0 radical (unpaired) electrons. The summed E-state index contributed by atoms with van der Waals surface area (Å²) in [6.45, 7) is 0. The van der Waals surface area contributed by atoms with Crippen molar-refractivity contribution in [3.05, 3.63) is 71.8 Å². The van der Waals surface area contributed by atoms with Gasteiger partial charge in [0.1, 0.15) is 0 Å². The van der Waals surface area contributed by atoms with E-state index in [0.717, 1.165) is 0 Å². The van der Waals surface area contributed by atoms with Gasteiger partial charge < -0.3 is 5.32 Å². The predicted octanol–water partition coefficient (Wildman–Crippen LogP) is 2.95. The van der Waals surface area contributed by atoms with E-state index in [1.165, 1.54) is 11.1 Å². The molecule has 92 valence electrons. The number of hydrogen-bond acceptors (Lipinski definition) is 1. The van der Waals surface area contributed by atoms with Crippen LogP contribution in [0.5, 0.6) is 0 Å². The Bertz CT molecular complexity index is 454. The SMILES string of the molecule is CNC(=O)CC(c1ccccc1)c1ccccc1. The molecular weight excluding hydrogens is 222 g/mol. The molecule has 0 atom stereocenters. The molecule has 2 aromatic rings. The summed E-state index contributed by atoms with van der Waals surface area (Å²) in [5.41, 5.74) is 2.35. The lowest BCUT2D eigenvalue weighted by Gasteiger charge is -2.17. The average Bonchev–Trinajstić information content (AvgIpc) is 2.46. The molecule has 0 heterocycles. The summed E-state index contributed by atoms with van der Waals surface area (Å²) in [5, 5.41) is 2.70. The maximum Gasteiger partial charge on any atom is 0.220 e. The number of carbonyl (C=O) groups excluding carboxylic acids is 1. The smallest absolute Gasteiger partial charge is 0.220 e.